The van der Waals surface area contributed by atoms with Crippen molar-refractivity contribution in [2.75, 3.05) is 26.3 Å². The van der Waals surface area contributed by atoms with Crippen LogP contribution in [0.1, 0.15) is 143 Å². The lowest BCUT2D eigenvalue weighted by Crippen LogP contribution is -2.58. The first-order valence-corrected chi connectivity index (χ1v) is 22.3. The molecule has 0 spiro atoms. The molecule has 0 aromatic rings. The summed E-state index contributed by atoms with van der Waals surface area (Å²) >= 11 is 0. The number of allylic oxidation sites excluding steroid dienone is 10. The lowest BCUT2D eigenvalue weighted by Gasteiger charge is -2.62. The molecule has 0 bridgehead atoms. The van der Waals surface area contributed by atoms with Gasteiger partial charge in [0.2, 0.25) is 11.8 Å². The van der Waals surface area contributed by atoms with Crippen molar-refractivity contribution in [3.63, 3.8) is 0 Å². The van der Waals surface area contributed by atoms with Crippen LogP contribution in [-0.4, -0.2) is 60.5 Å². The van der Waals surface area contributed by atoms with Crippen LogP contribution in [0.15, 0.2) is 60.8 Å². The fourth-order valence-corrected chi connectivity index (χ4v) is 11.3. The van der Waals surface area contributed by atoms with Gasteiger partial charge in [-0.15, -0.1) is 0 Å². The molecule has 0 aromatic heterocycles. The van der Waals surface area contributed by atoms with Crippen LogP contribution in [0.25, 0.3) is 0 Å². The van der Waals surface area contributed by atoms with Crippen LogP contribution in [-0.2, 0) is 14.3 Å². The fraction of sp³-hybridized carbons (Fsp3) is 0.750. The van der Waals surface area contributed by atoms with Crippen molar-refractivity contribution in [1.82, 2.24) is 10.6 Å². The van der Waals surface area contributed by atoms with Crippen LogP contribution in [0.5, 0.6) is 0 Å². The van der Waals surface area contributed by atoms with Gasteiger partial charge in [-0.05, 0) is 149 Å². The maximum atomic E-state index is 12.7. The Labute approximate surface area is 335 Å². The number of hydrogen-bond acceptors (Lipinski definition) is 5. The first-order valence-electron chi connectivity index (χ1n) is 22.3. The minimum absolute atomic E-state index is 0.0525. The third-order valence-electron chi connectivity index (χ3n) is 14.3. The summed E-state index contributed by atoms with van der Waals surface area (Å²) in [6.07, 6.45) is 38.6. The minimum Gasteiger partial charge on any atom is -0.393 e. The molecule has 4 rings (SSSR count). The molecule has 0 saturated heterocycles. The second-order valence-electron chi connectivity index (χ2n) is 17.9. The topological polar surface area (TPSA) is 108 Å². The van der Waals surface area contributed by atoms with Crippen molar-refractivity contribution < 1.29 is 24.5 Å². The van der Waals surface area contributed by atoms with Gasteiger partial charge < -0.3 is 25.6 Å². The van der Waals surface area contributed by atoms with Gasteiger partial charge in [-0.3, -0.25) is 9.59 Å². The quantitative estimate of drug-likeness (QED) is 0.0613. The van der Waals surface area contributed by atoms with Crippen LogP contribution in [0.4, 0.5) is 0 Å². The Bertz CT molecular complexity index is 1300. The summed E-state index contributed by atoms with van der Waals surface area (Å²) in [6, 6.07) is 0. The lowest BCUT2D eigenvalue weighted by molar-refractivity contribution is -0.174. The van der Waals surface area contributed by atoms with E-state index in [4.69, 9.17) is 4.74 Å². The van der Waals surface area contributed by atoms with Gasteiger partial charge in [0.25, 0.3) is 0 Å². The molecule has 0 radical (unpaired) electrons. The molecule has 7 nitrogen and oxygen atoms in total. The van der Waals surface area contributed by atoms with Gasteiger partial charge in [0.15, 0.2) is 0 Å². The summed E-state index contributed by atoms with van der Waals surface area (Å²) in [4.78, 5) is 24.9. The summed E-state index contributed by atoms with van der Waals surface area (Å²) in [5.74, 6) is 3.15. The number of fused-ring (bicyclic) bond motifs is 5. The smallest absolute Gasteiger partial charge is 0.220 e. The molecule has 4 saturated carbocycles. The summed E-state index contributed by atoms with van der Waals surface area (Å²) in [6.45, 7) is 11.3. The maximum Gasteiger partial charge on any atom is 0.220 e. The molecule has 0 aromatic carbocycles. The Morgan fingerprint density at radius 3 is 1.93 bits per heavy atom. The molecule has 0 aliphatic heterocycles. The second-order valence-corrected chi connectivity index (χ2v) is 17.9. The number of carbonyl (C=O) groups excluding carboxylic acids is 2. The van der Waals surface area contributed by atoms with E-state index in [1.165, 1.54) is 25.7 Å². The Hall–Kier alpha value is -2.48. The number of aliphatic hydroxyl groups is 2. The van der Waals surface area contributed by atoms with Crippen molar-refractivity contribution in [3.05, 3.63) is 60.8 Å². The zero-order valence-corrected chi connectivity index (χ0v) is 35.1. The Morgan fingerprint density at radius 2 is 1.29 bits per heavy atom. The van der Waals surface area contributed by atoms with Gasteiger partial charge in [0.1, 0.15) is 0 Å². The molecule has 4 aliphatic carbocycles. The number of nitrogens with one attached hydrogen (secondary N) is 2. The zero-order valence-electron chi connectivity index (χ0n) is 35.1. The first kappa shape index (κ1) is 45.2. The molecule has 2 amide bonds. The molecule has 4 N–H and O–H groups in total. The van der Waals surface area contributed by atoms with Gasteiger partial charge in [-0.1, -0.05) is 88.5 Å². The predicted molar refractivity (Wildman–Crippen MR) is 226 cm³/mol. The molecular formula is C48H78N2O5. The van der Waals surface area contributed by atoms with Crippen molar-refractivity contribution in [2.24, 2.45) is 46.3 Å². The van der Waals surface area contributed by atoms with E-state index >= 15 is 0 Å². The molecule has 10 atom stereocenters. The first-order chi connectivity index (χ1) is 26.6. The van der Waals surface area contributed by atoms with E-state index in [1.54, 1.807) is 0 Å². The molecule has 310 valence electrons. The van der Waals surface area contributed by atoms with Crippen LogP contribution >= 0.6 is 0 Å². The Kier molecular flexibility index (Phi) is 19.5. The maximum absolute atomic E-state index is 12.7. The number of carbonyl (C=O) groups is 2. The summed E-state index contributed by atoms with van der Waals surface area (Å²) < 4.78 is 5.66. The van der Waals surface area contributed by atoms with E-state index in [-0.39, 0.29) is 34.9 Å². The van der Waals surface area contributed by atoms with E-state index < -0.39 is 0 Å². The average molecular weight is 763 g/mol. The highest BCUT2D eigenvalue weighted by molar-refractivity contribution is 5.76. The molecular weight excluding hydrogens is 685 g/mol. The van der Waals surface area contributed by atoms with E-state index in [0.717, 1.165) is 77.0 Å². The van der Waals surface area contributed by atoms with Crippen LogP contribution < -0.4 is 10.6 Å². The fourth-order valence-electron chi connectivity index (χ4n) is 11.3. The van der Waals surface area contributed by atoms with Gasteiger partial charge >= 0.3 is 0 Å². The normalized spacial score (nSPS) is 32.7. The lowest BCUT2D eigenvalue weighted by atomic mass is 9.43. The molecule has 4 fully saturated rings. The van der Waals surface area contributed by atoms with Crippen molar-refractivity contribution in [3.8, 4) is 0 Å². The average Bonchev–Trinajstić information content (AvgIpc) is 3.52. The molecule has 7 heteroatoms. The summed E-state index contributed by atoms with van der Waals surface area (Å²) in [5.41, 5.74) is 0.483. The number of hydrogen-bond donors (Lipinski definition) is 4. The van der Waals surface area contributed by atoms with E-state index in [9.17, 15) is 19.8 Å². The molecule has 55 heavy (non-hydrogen) atoms. The number of ether oxygens (including phenoxy) is 1. The summed E-state index contributed by atoms with van der Waals surface area (Å²) in [5, 5.41) is 27.9. The van der Waals surface area contributed by atoms with E-state index in [2.05, 4.69) is 99.1 Å². The Morgan fingerprint density at radius 1 is 0.727 bits per heavy atom. The van der Waals surface area contributed by atoms with Crippen LogP contribution in [0, 0.1) is 46.3 Å². The monoisotopic (exact) mass is 763 g/mol. The van der Waals surface area contributed by atoms with Gasteiger partial charge in [0.05, 0.1) is 25.4 Å². The highest BCUT2D eigenvalue weighted by Gasteiger charge is 2.62. The highest BCUT2D eigenvalue weighted by Crippen LogP contribution is 2.68. The standard InChI is InChI=1S/C48H78N2O5/c1-5-6-7-8-9-10-11-12-13-14-15-16-17-18-19-20-21-22-44(53)49-31-33-55-34-32-50-45(54)26-23-37(2)40-24-25-41-46-42(28-30-48(40,41)4)47(3)29-27-39(51)35-38(47)36-43(46)52/h6-7,9-10,12-13,15-16,18-19,37-43,46,51-52H,5,8,11,14,17,20-36H2,1-4H3,(H,49,53)(H,50,54)/t37-,38+,39-,40?,41+,42+,43-,46+,47+,48-/m1/s1. The van der Waals surface area contributed by atoms with Crippen LogP contribution in [0.2, 0.25) is 0 Å². The number of unbranched alkanes of at least 4 members (excludes halogenated alkanes) is 1. The van der Waals surface area contributed by atoms with Crippen molar-refractivity contribution >= 4 is 11.8 Å². The van der Waals surface area contributed by atoms with Crippen LogP contribution in [0.3, 0.4) is 0 Å². The number of aliphatic hydroxyl groups excluding tert-OH is 2. The number of rotatable bonds is 23. The van der Waals surface area contributed by atoms with Crippen molar-refractivity contribution in [1.29, 1.82) is 0 Å². The molecule has 0 heterocycles. The number of amides is 2. The van der Waals surface area contributed by atoms with Gasteiger partial charge in [-0.2, -0.15) is 0 Å². The predicted octanol–water partition coefficient (Wildman–Crippen LogP) is 9.56. The Balaban J connectivity index is 0.986. The van der Waals surface area contributed by atoms with Gasteiger partial charge in [0, 0.05) is 25.9 Å². The molecule has 4 aliphatic rings. The van der Waals surface area contributed by atoms with Crippen molar-refractivity contribution in [2.45, 2.75) is 155 Å². The van der Waals surface area contributed by atoms with E-state index in [1.807, 2.05) is 0 Å². The minimum atomic E-state index is -0.248. The molecule has 1 unspecified atom stereocenters. The summed E-state index contributed by atoms with van der Waals surface area (Å²) in [7, 11) is 0. The third kappa shape index (κ3) is 13.6. The second kappa shape index (κ2) is 23.7. The SMILES string of the molecule is CCC=CCC=CCC=CCC=CCC=CCCCC(=O)NCCOCCNC(=O)CC[C@@H](C)C1CC[C@H]2[C@@H]3[C@H](O)C[C@@H]4C[C@H](O)CC[C@]4(C)[C@H]3CC[C@]12C. The third-order valence-corrected chi connectivity index (χ3v) is 14.3. The zero-order chi connectivity index (χ0) is 39.5. The van der Waals surface area contributed by atoms with E-state index in [0.29, 0.717) is 74.7 Å². The largest absolute Gasteiger partial charge is 0.393 e. The van der Waals surface area contributed by atoms with Gasteiger partial charge in [-0.25, -0.2) is 0 Å². The highest BCUT2D eigenvalue weighted by atomic mass is 16.5.